The Balaban J connectivity index is 2.98. The number of alkyl halides is 4. The van der Waals surface area contributed by atoms with Crippen LogP contribution >= 0.6 is 11.6 Å². The molecule has 1 atom stereocenters. The minimum absolute atomic E-state index is 0.265. The highest BCUT2D eigenvalue weighted by Gasteiger charge is 2.31. The van der Waals surface area contributed by atoms with Gasteiger partial charge in [0.1, 0.15) is 11.1 Å². The highest BCUT2D eigenvalue weighted by molar-refractivity contribution is 6.30. The molecule has 0 aliphatic carbocycles. The van der Waals surface area contributed by atoms with E-state index >= 15 is 0 Å². The number of carbonyl (C=O) groups is 1. The predicted molar refractivity (Wildman–Crippen MR) is 57.1 cm³/mol. The molecule has 1 aromatic carbocycles. The number of benzene rings is 1. The van der Waals surface area contributed by atoms with Crippen LogP contribution in [0.25, 0.3) is 0 Å². The maximum Gasteiger partial charge on any atom is 0.573 e. The molecule has 0 heterocycles. The highest BCUT2D eigenvalue weighted by atomic mass is 35.5. The number of Topliss-reactive ketones (excluding diaryl/α,β-unsaturated/α-hetero) is 1. The third-order valence-electron chi connectivity index (χ3n) is 2.10. The monoisotopic (exact) mass is 266 g/mol. The number of hydrogen-bond acceptors (Lipinski definition) is 2. The first-order valence-corrected chi connectivity index (χ1v) is 5.15. The first-order chi connectivity index (χ1) is 7.70. The van der Waals surface area contributed by atoms with E-state index in [2.05, 4.69) is 4.74 Å². The van der Waals surface area contributed by atoms with Crippen LogP contribution in [0.5, 0.6) is 5.75 Å². The summed E-state index contributed by atoms with van der Waals surface area (Å²) in [5.74, 6) is -0.592. The Labute approximate surface area is 101 Å². The van der Waals surface area contributed by atoms with Crippen molar-refractivity contribution < 1.29 is 22.7 Å². The molecule has 1 rings (SSSR count). The average Bonchev–Trinajstić information content (AvgIpc) is 2.14. The zero-order valence-corrected chi connectivity index (χ0v) is 9.89. The molecule has 0 aromatic heterocycles. The van der Waals surface area contributed by atoms with E-state index in [4.69, 9.17) is 11.6 Å². The van der Waals surface area contributed by atoms with Crippen LogP contribution in [0.15, 0.2) is 18.2 Å². The quantitative estimate of drug-likeness (QED) is 0.779. The lowest BCUT2D eigenvalue weighted by molar-refractivity contribution is -0.274. The predicted octanol–water partition coefficient (Wildman–Crippen LogP) is 3.76. The molecule has 17 heavy (non-hydrogen) atoms. The van der Waals surface area contributed by atoms with Crippen LogP contribution in [0.4, 0.5) is 13.2 Å². The van der Waals surface area contributed by atoms with Crippen molar-refractivity contribution in [1.82, 2.24) is 0 Å². The summed E-state index contributed by atoms with van der Waals surface area (Å²) >= 11 is 5.82. The van der Waals surface area contributed by atoms with E-state index in [1.54, 1.807) is 6.92 Å². The zero-order chi connectivity index (χ0) is 13.2. The van der Waals surface area contributed by atoms with Gasteiger partial charge in [-0.2, -0.15) is 0 Å². The van der Waals surface area contributed by atoms with E-state index in [0.29, 0.717) is 11.1 Å². The standard InChI is InChI=1S/C11H10ClF3O2/c1-6-5-8(17-11(13,14)15)3-4-9(6)10(12)7(2)16/h3-5,10H,1-2H3. The summed E-state index contributed by atoms with van der Waals surface area (Å²) < 4.78 is 39.6. The summed E-state index contributed by atoms with van der Waals surface area (Å²) in [5, 5.41) is -0.852. The molecule has 1 aromatic rings. The Morgan fingerprint density at radius 1 is 1.41 bits per heavy atom. The van der Waals surface area contributed by atoms with E-state index in [1.165, 1.54) is 19.1 Å². The van der Waals surface area contributed by atoms with Crippen molar-refractivity contribution in [3.63, 3.8) is 0 Å². The smallest absolute Gasteiger partial charge is 0.406 e. The van der Waals surface area contributed by atoms with Gasteiger partial charge in [0.05, 0.1) is 0 Å². The fourth-order valence-corrected chi connectivity index (χ4v) is 1.59. The zero-order valence-electron chi connectivity index (χ0n) is 9.14. The van der Waals surface area contributed by atoms with Gasteiger partial charge in [0.2, 0.25) is 0 Å². The summed E-state index contributed by atoms with van der Waals surface area (Å²) in [5.41, 5.74) is 0.954. The van der Waals surface area contributed by atoms with Crippen molar-refractivity contribution in [3.05, 3.63) is 29.3 Å². The van der Waals surface area contributed by atoms with Crippen LogP contribution in [0.1, 0.15) is 23.4 Å². The van der Waals surface area contributed by atoms with Crippen molar-refractivity contribution in [2.45, 2.75) is 25.6 Å². The van der Waals surface area contributed by atoms with Crippen molar-refractivity contribution in [3.8, 4) is 5.75 Å². The second-order valence-corrected chi connectivity index (χ2v) is 3.98. The Kier molecular flexibility index (Phi) is 4.03. The molecule has 0 saturated heterocycles. The fraction of sp³-hybridized carbons (Fsp3) is 0.364. The molecule has 0 aliphatic heterocycles. The number of halogens is 4. The molecule has 0 amide bonds. The lowest BCUT2D eigenvalue weighted by atomic mass is 10.0. The van der Waals surface area contributed by atoms with Gasteiger partial charge in [-0.3, -0.25) is 4.79 Å². The summed E-state index contributed by atoms with van der Waals surface area (Å²) in [6, 6.07) is 3.69. The fourth-order valence-electron chi connectivity index (χ4n) is 1.35. The first-order valence-electron chi connectivity index (χ1n) is 4.71. The Hall–Kier alpha value is -1.23. The Bertz CT molecular complexity index is 429. The number of rotatable bonds is 3. The molecule has 1 unspecified atom stereocenters. The van der Waals surface area contributed by atoms with Crippen LogP contribution in [0.3, 0.4) is 0 Å². The summed E-state index contributed by atoms with van der Waals surface area (Å²) in [4.78, 5) is 11.1. The van der Waals surface area contributed by atoms with E-state index in [-0.39, 0.29) is 11.5 Å². The van der Waals surface area contributed by atoms with Crippen LogP contribution in [-0.2, 0) is 4.79 Å². The van der Waals surface area contributed by atoms with Gasteiger partial charge in [-0.15, -0.1) is 24.8 Å². The lowest BCUT2D eigenvalue weighted by Crippen LogP contribution is -2.17. The number of aryl methyl sites for hydroxylation is 1. The molecular weight excluding hydrogens is 257 g/mol. The van der Waals surface area contributed by atoms with Gasteiger partial charge in [0.25, 0.3) is 0 Å². The molecule has 0 spiro atoms. The SMILES string of the molecule is CC(=O)C(Cl)c1ccc(OC(F)(F)F)cc1C. The van der Waals surface area contributed by atoms with Crippen LogP contribution in [-0.4, -0.2) is 12.1 Å². The average molecular weight is 267 g/mol. The van der Waals surface area contributed by atoms with Crippen molar-refractivity contribution in [2.24, 2.45) is 0 Å². The van der Waals surface area contributed by atoms with Crippen molar-refractivity contribution in [1.29, 1.82) is 0 Å². The molecule has 0 bridgehead atoms. The maximum atomic E-state index is 12.0. The van der Waals surface area contributed by atoms with Gasteiger partial charge in [0.15, 0.2) is 5.78 Å². The molecular formula is C11H10ClF3O2. The number of ether oxygens (including phenoxy) is 1. The van der Waals surface area contributed by atoms with E-state index in [9.17, 15) is 18.0 Å². The molecule has 0 N–H and O–H groups in total. The molecule has 0 saturated carbocycles. The number of ketones is 1. The Morgan fingerprint density at radius 3 is 2.41 bits per heavy atom. The van der Waals surface area contributed by atoms with Crippen LogP contribution in [0.2, 0.25) is 0 Å². The van der Waals surface area contributed by atoms with Gasteiger partial charge >= 0.3 is 6.36 Å². The number of hydrogen-bond donors (Lipinski definition) is 0. The molecule has 6 heteroatoms. The van der Waals surface area contributed by atoms with Gasteiger partial charge in [-0.1, -0.05) is 6.07 Å². The van der Waals surface area contributed by atoms with Crippen molar-refractivity contribution >= 4 is 17.4 Å². The third-order valence-corrected chi connectivity index (χ3v) is 2.65. The minimum atomic E-state index is -4.73. The van der Waals surface area contributed by atoms with Gasteiger partial charge < -0.3 is 4.74 Å². The second kappa shape index (κ2) is 4.96. The largest absolute Gasteiger partial charge is 0.573 e. The first kappa shape index (κ1) is 13.8. The molecule has 2 nitrogen and oxygen atoms in total. The van der Waals surface area contributed by atoms with E-state index in [0.717, 1.165) is 6.07 Å². The van der Waals surface area contributed by atoms with Crippen LogP contribution in [0, 0.1) is 6.92 Å². The van der Waals surface area contributed by atoms with Gasteiger partial charge in [-0.25, -0.2) is 0 Å². The Morgan fingerprint density at radius 2 is 2.00 bits per heavy atom. The van der Waals surface area contributed by atoms with Crippen molar-refractivity contribution in [2.75, 3.05) is 0 Å². The molecule has 0 fully saturated rings. The summed E-state index contributed by atoms with van der Waals surface area (Å²) in [6.45, 7) is 2.88. The maximum absolute atomic E-state index is 12.0. The third kappa shape index (κ3) is 3.93. The minimum Gasteiger partial charge on any atom is -0.406 e. The highest BCUT2D eigenvalue weighted by Crippen LogP contribution is 2.30. The van der Waals surface area contributed by atoms with Gasteiger partial charge in [-0.05, 0) is 37.1 Å². The number of carbonyl (C=O) groups excluding carboxylic acids is 1. The normalized spacial score (nSPS) is 13.3. The second-order valence-electron chi connectivity index (χ2n) is 3.54. The summed E-state index contributed by atoms with van der Waals surface area (Å²) in [7, 11) is 0. The van der Waals surface area contributed by atoms with E-state index in [1.807, 2.05) is 0 Å². The van der Waals surface area contributed by atoms with Crippen LogP contribution < -0.4 is 4.74 Å². The lowest BCUT2D eigenvalue weighted by Gasteiger charge is -2.13. The van der Waals surface area contributed by atoms with E-state index < -0.39 is 11.7 Å². The summed E-state index contributed by atoms with van der Waals surface area (Å²) in [6.07, 6.45) is -4.73. The molecule has 0 radical (unpaired) electrons. The molecule has 94 valence electrons. The van der Waals surface area contributed by atoms with Gasteiger partial charge in [0, 0.05) is 0 Å². The topological polar surface area (TPSA) is 26.3 Å². The molecule has 0 aliphatic rings.